The Hall–Kier alpha value is -3.19. The van der Waals surface area contributed by atoms with Crippen molar-refractivity contribution < 1.29 is 4.74 Å². The summed E-state index contributed by atoms with van der Waals surface area (Å²) in [5, 5.41) is 0.953. The number of fused-ring (bicyclic) bond motifs is 1. The first-order valence-electron chi connectivity index (χ1n) is 8.70. The van der Waals surface area contributed by atoms with Gasteiger partial charge in [0.2, 0.25) is 5.88 Å². The third-order valence-electron chi connectivity index (χ3n) is 4.34. The summed E-state index contributed by atoms with van der Waals surface area (Å²) >= 11 is 3.54. The summed E-state index contributed by atoms with van der Waals surface area (Å²) in [4.78, 5) is 15.0. The monoisotopic (exact) mass is 435 g/mol. The van der Waals surface area contributed by atoms with Crippen molar-refractivity contribution in [3.8, 4) is 11.6 Å². The second-order valence-corrected chi connectivity index (χ2v) is 7.16. The van der Waals surface area contributed by atoms with E-state index in [4.69, 9.17) is 10.5 Å². The van der Waals surface area contributed by atoms with E-state index in [-0.39, 0.29) is 0 Å². The molecule has 4 rings (SSSR count). The molecule has 0 fully saturated rings. The van der Waals surface area contributed by atoms with E-state index in [1.54, 1.807) is 6.20 Å². The molecule has 2 heterocycles. The molecule has 0 aliphatic carbocycles. The quantitative estimate of drug-likeness (QED) is 0.485. The van der Waals surface area contributed by atoms with Gasteiger partial charge in [-0.05, 0) is 23.8 Å². The Morgan fingerprint density at radius 2 is 1.82 bits per heavy atom. The molecule has 4 aromatic rings. The Kier molecular flexibility index (Phi) is 5.08. The second-order valence-electron chi connectivity index (χ2n) is 6.30. The van der Waals surface area contributed by atoms with E-state index in [2.05, 4.69) is 43.0 Å². The van der Waals surface area contributed by atoms with Gasteiger partial charge in [-0.1, -0.05) is 52.3 Å². The van der Waals surface area contributed by atoms with Gasteiger partial charge in [0.25, 0.3) is 0 Å². The molecular weight excluding hydrogens is 418 g/mol. The van der Waals surface area contributed by atoms with E-state index >= 15 is 0 Å². The number of halogens is 1. The summed E-state index contributed by atoms with van der Waals surface area (Å²) in [5.74, 6) is 1.50. The zero-order valence-electron chi connectivity index (χ0n) is 15.2. The number of ether oxygens (including phenoxy) is 1. The van der Waals surface area contributed by atoms with Crippen LogP contribution in [0.3, 0.4) is 0 Å². The molecule has 0 unspecified atom stereocenters. The van der Waals surface area contributed by atoms with Crippen LogP contribution in [0, 0.1) is 0 Å². The zero-order valence-corrected chi connectivity index (χ0v) is 16.8. The number of nitrogens with two attached hydrogens (primary N) is 1. The third kappa shape index (κ3) is 3.61. The fourth-order valence-electron chi connectivity index (χ4n) is 2.99. The Labute approximate surface area is 171 Å². The topological polar surface area (TPSA) is 77.2 Å². The minimum absolute atomic E-state index is 0.305. The Morgan fingerprint density at radius 1 is 1.00 bits per heavy atom. The van der Waals surface area contributed by atoms with Gasteiger partial charge in [-0.15, -0.1) is 0 Å². The van der Waals surface area contributed by atoms with Crippen molar-refractivity contribution in [2.75, 3.05) is 17.7 Å². The summed E-state index contributed by atoms with van der Waals surface area (Å²) in [5.41, 5.74) is 8.61. The molecule has 2 aromatic carbocycles. The average Bonchev–Trinajstić information content (AvgIpc) is 2.72. The van der Waals surface area contributed by atoms with E-state index in [1.807, 2.05) is 54.4 Å². The van der Waals surface area contributed by atoms with Crippen LogP contribution in [0.2, 0.25) is 0 Å². The highest BCUT2D eigenvalue weighted by Crippen LogP contribution is 2.36. The Bertz CT molecular complexity index is 1120. The Morgan fingerprint density at radius 3 is 2.64 bits per heavy atom. The number of anilines is 2. The van der Waals surface area contributed by atoms with Crippen molar-refractivity contribution in [2.24, 2.45) is 0 Å². The van der Waals surface area contributed by atoms with E-state index < -0.39 is 0 Å². The number of hydrogen-bond donors (Lipinski definition) is 1. The predicted octanol–water partition coefficient (Wildman–Crippen LogP) is 4.80. The maximum Gasteiger partial charge on any atom is 0.248 e. The highest BCUT2D eigenvalue weighted by atomic mass is 79.9. The SMILES string of the molecule is CN(Cc1ccccc1)c1ncnc(Oc2ccc(Br)c3cccnc23)c1N. The van der Waals surface area contributed by atoms with Gasteiger partial charge in [-0.2, -0.15) is 4.98 Å². The summed E-state index contributed by atoms with van der Waals surface area (Å²) in [7, 11) is 1.94. The minimum atomic E-state index is 0.305. The zero-order chi connectivity index (χ0) is 19.5. The van der Waals surface area contributed by atoms with Crippen LogP contribution in [0.5, 0.6) is 11.6 Å². The molecule has 0 spiro atoms. The van der Waals surface area contributed by atoms with E-state index in [1.165, 1.54) is 6.33 Å². The predicted molar refractivity (Wildman–Crippen MR) is 115 cm³/mol. The van der Waals surface area contributed by atoms with Crippen LogP contribution in [-0.2, 0) is 6.54 Å². The third-order valence-corrected chi connectivity index (χ3v) is 5.03. The molecule has 0 radical (unpaired) electrons. The fourth-order valence-corrected chi connectivity index (χ4v) is 3.44. The van der Waals surface area contributed by atoms with Crippen LogP contribution in [0.4, 0.5) is 11.5 Å². The molecule has 0 aliphatic heterocycles. The van der Waals surface area contributed by atoms with Crippen LogP contribution in [-0.4, -0.2) is 22.0 Å². The van der Waals surface area contributed by atoms with Gasteiger partial charge < -0.3 is 15.4 Å². The van der Waals surface area contributed by atoms with Gasteiger partial charge >= 0.3 is 0 Å². The number of nitrogen functional groups attached to an aromatic ring is 1. The molecule has 0 saturated heterocycles. The lowest BCUT2D eigenvalue weighted by atomic mass is 10.2. The van der Waals surface area contributed by atoms with Crippen molar-refractivity contribution in [1.29, 1.82) is 0 Å². The van der Waals surface area contributed by atoms with Gasteiger partial charge in [0.15, 0.2) is 11.6 Å². The van der Waals surface area contributed by atoms with Gasteiger partial charge in [0.05, 0.1) is 0 Å². The molecule has 0 atom stereocenters. The lowest BCUT2D eigenvalue weighted by Gasteiger charge is -2.20. The lowest BCUT2D eigenvalue weighted by Crippen LogP contribution is -2.19. The van der Waals surface area contributed by atoms with Crippen LogP contribution >= 0.6 is 15.9 Å². The van der Waals surface area contributed by atoms with Crippen molar-refractivity contribution >= 4 is 38.3 Å². The second kappa shape index (κ2) is 7.82. The first-order chi connectivity index (χ1) is 13.6. The highest BCUT2D eigenvalue weighted by molar-refractivity contribution is 9.10. The van der Waals surface area contributed by atoms with Gasteiger partial charge in [-0.25, -0.2) is 4.98 Å². The van der Waals surface area contributed by atoms with Gasteiger partial charge in [0.1, 0.15) is 17.5 Å². The normalized spacial score (nSPS) is 10.8. The number of pyridine rings is 1. The summed E-state index contributed by atoms with van der Waals surface area (Å²) in [6.45, 7) is 0.671. The first-order valence-corrected chi connectivity index (χ1v) is 9.49. The van der Waals surface area contributed by atoms with E-state index in [0.29, 0.717) is 29.7 Å². The number of nitrogens with zero attached hydrogens (tertiary/aromatic N) is 4. The molecular formula is C21H18BrN5O. The number of rotatable bonds is 5. The maximum atomic E-state index is 6.34. The molecule has 0 bridgehead atoms. The molecule has 2 N–H and O–H groups in total. The van der Waals surface area contributed by atoms with Crippen LogP contribution in [0.1, 0.15) is 5.56 Å². The largest absolute Gasteiger partial charge is 0.435 e. The van der Waals surface area contributed by atoms with Crippen LogP contribution < -0.4 is 15.4 Å². The number of benzene rings is 2. The summed E-state index contributed by atoms with van der Waals surface area (Å²) in [6.07, 6.45) is 3.18. The minimum Gasteiger partial charge on any atom is -0.435 e. The van der Waals surface area contributed by atoms with Crippen molar-refractivity contribution in [3.63, 3.8) is 0 Å². The molecule has 140 valence electrons. The molecule has 6 nitrogen and oxygen atoms in total. The van der Waals surface area contributed by atoms with Crippen LogP contribution in [0.25, 0.3) is 10.9 Å². The number of hydrogen-bond acceptors (Lipinski definition) is 6. The van der Waals surface area contributed by atoms with Crippen molar-refractivity contribution in [3.05, 3.63) is 77.2 Å². The molecule has 28 heavy (non-hydrogen) atoms. The van der Waals surface area contributed by atoms with Gasteiger partial charge in [-0.3, -0.25) is 4.98 Å². The molecule has 0 amide bonds. The molecule has 7 heteroatoms. The van der Waals surface area contributed by atoms with E-state index in [0.717, 1.165) is 20.9 Å². The molecule has 0 aliphatic rings. The maximum absolute atomic E-state index is 6.34. The summed E-state index contributed by atoms with van der Waals surface area (Å²) < 4.78 is 6.98. The standard InChI is InChI=1S/C21H18BrN5O/c1-27(12-14-6-3-2-4-7-14)20-18(23)21(26-13-25-20)28-17-10-9-16(22)15-8-5-11-24-19(15)17/h2-11,13H,12,23H2,1H3. The smallest absolute Gasteiger partial charge is 0.248 e. The molecule has 0 saturated carbocycles. The van der Waals surface area contributed by atoms with Gasteiger partial charge in [0, 0.05) is 29.6 Å². The van der Waals surface area contributed by atoms with E-state index in [9.17, 15) is 0 Å². The lowest BCUT2D eigenvalue weighted by molar-refractivity contribution is 0.468. The Balaban J connectivity index is 1.65. The van der Waals surface area contributed by atoms with Crippen molar-refractivity contribution in [2.45, 2.75) is 6.54 Å². The average molecular weight is 436 g/mol. The first kappa shape index (κ1) is 18.2. The fraction of sp³-hybridized carbons (Fsp3) is 0.0952. The molecule has 2 aromatic heterocycles. The number of aromatic nitrogens is 3. The highest BCUT2D eigenvalue weighted by Gasteiger charge is 2.16. The summed E-state index contributed by atoms with van der Waals surface area (Å²) in [6, 6.07) is 17.7. The van der Waals surface area contributed by atoms with Crippen LogP contribution in [0.15, 0.2) is 71.6 Å². The van der Waals surface area contributed by atoms with Crippen molar-refractivity contribution in [1.82, 2.24) is 15.0 Å².